The van der Waals surface area contributed by atoms with E-state index in [-0.39, 0.29) is 101 Å². The van der Waals surface area contributed by atoms with Gasteiger partial charge in [-0.2, -0.15) is 9.25 Å². The zero-order valence-electron chi connectivity index (χ0n) is 43.0. The molecule has 0 saturated heterocycles. The lowest BCUT2D eigenvalue weighted by Gasteiger charge is -2.20. The molecule has 0 radical (unpaired) electrons. The van der Waals surface area contributed by atoms with E-state index in [0.29, 0.717) is 21.9 Å². The molecule has 0 saturated carbocycles. The molecule has 29 nitrogen and oxygen atoms in total. The van der Waals surface area contributed by atoms with Crippen LogP contribution >= 0.6 is 38.8 Å². The van der Waals surface area contributed by atoms with E-state index in [2.05, 4.69) is 19.9 Å². The molecule has 6 aromatic carbocycles. The molecule has 2 atom stereocenters. The predicted octanol–water partition coefficient (Wildman–Crippen LogP) is 8.98. The molecule has 84 heavy (non-hydrogen) atoms. The summed E-state index contributed by atoms with van der Waals surface area (Å²) in [5, 5.41) is 31.2. The molecule has 0 fully saturated rings. The number of urea groups is 1. The number of rotatable bonds is 18. The largest absolute Gasteiger partial charge is 0.487 e. The van der Waals surface area contributed by atoms with Crippen LogP contribution in [0.4, 0.5) is 38.9 Å². The third-order valence-corrected chi connectivity index (χ3v) is 18.9. The van der Waals surface area contributed by atoms with Crippen molar-refractivity contribution in [3.8, 4) is 0 Å². The van der Waals surface area contributed by atoms with E-state index < -0.39 is 109 Å². The van der Waals surface area contributed by atoms with E-state index in [1.54, 1.807) is 0 Å². The number of phosphoric acid groups is 2. The number of non-ortho nitro benzene ring substituents is 2. The molecule has 0 spiro atoms. The van der Waals surface area contributed by atoms with Crippen molar-refractivity contribution < 1.29 is 87.9 Å². The van der Waals surface area contributed by atoms with Crippen molar-refractivity contribution in [2.75, 3.05) is 58.4 Å². The van der Waals surface area contributed by atoms with Crippen LogP contribution in [0.2, 0.25) is 0 Å². The Morgan fingerprint density at radius 1 is 0.619 bits per heavy atom. The topological polar surface area (TPSA) is 403 Å². The highest BCUT2D eigenvalue weighted by molar-refractivity contribution is 7.89. The number of hydrogen-bond acceptors (Lipinski definition) is 17. The Bertz CT molecular complexity index is 4200. The van der Waals surface area contributed by atoms with Gasteiger partial charge in [-0.1, -0.05) is 21.1 Å². The fraction of sp³-hybridized carbons (Fsp3) is 0.204. The van der Waals surface area contributed by atoms with E-state index in [9.17, 15) is 80.2 Å². The number of nitro groups is 2. The monoisotopic (exact) mass is 1270 g/mol. The molecule has 35 heteroatoms. The zero-order chi connectivity index (χ0) is 60.7. The van der Waals surface area contributed by atoms with Crippen LogP contribution in [0.15, 0.2) is 116 Å². The number of halogens is 2. The van der Waals surface area contributed by atoms with E-state index >= 15 is 0 Å². The minimum absolute atomic E-state index is 0.0641. The number of nitro benzene ring substituents is 2. The molecule has 0 bridgehead atoms. The molecule has 10 rings (SSSR count). The number of furan rings is 2. The van der Waals surface area contributed by atoms with Gasteiger partial charge in [-0.15, -0.1) is 23.2 Å². The maximum Gasteiger partial charge on any atom is 0.487 e. The fourth-order valence-electron chi connectivity index (χ4n) is 10.2. The summed E-state index contributed by atoms with van der Waals surface area (Å²) in [6.07, 6.45) is 0. The van der Waals surface area contributed by atoms with E-state index in [4.69, 9.17) is 32.0 Å². The Morgan fingerprint density at radius 2 is 1.00 bits per heavy atom. The van der Waals surface area contributed by atoms with Crippen molar-refractivity contribution in [2.45, 2.75) is 35.5 Å². The van der Waals surface area contributed by atoms with Crippen LogP contribution in [-0.2, 0) is 38.4 Å². The number of hydrogen-bond donors (Lipinski definition) is 6. The quantitative estimate of drug-likeness (QED) is 0.0202. The summed E-state index contributed by atoms with van der Waals surface area (Å²) in [7, 11) is -20.2. The van der Waals surface area contributed by atoms with Gasteiger partial charge < -0.3 is 48.8 Å². The summed E-state index contributed by atoms with van der Waals surface area (Å²) in [4.78, 5) is 104. The lowest BCUT2D eigenvalue weighted by atomic mass is 9.95. The highest BCUT2D eigenvalue weighted by atomic mass is 35.5. The summed E-state index contributed by atoms with van der Waals surface area (Å²) in [6, 6.07) is 19.9. The van der Waals surface area contributed by atoms with Gasteiger partial charge in [0, 0.05) is 84.1 Å². The number of sulfonamides is 2. The Balaban J connectivity index is 0.857. The second-order valence-corrected chi connectivity index (χ2v) is 25.4. The minimum atomic E-state index is -5.34. The molecular formula is C49H42Cl2N8O21P2S2. The van der Waals surface area contributed by atoms with Gasteiger partial charge in [-0.05, 0) is 109 Å². The van der Waals surface area contributed by atoms with Crippen molar-refractivity contribution in [1.29, 1.82) is 0 Å². The second kappa shape index (κ2) is 22.2. The number of benzene rings is 6. The molecule has 2 unspecified atom stereocenters. The van der Waals surface area contributed by atoms with Crippen LogP contribution < -0.4 is 20.4 Å². The van der Waals surface area contributed by atoms with Crippen molar-refractivity contribution in [2.24, 2.45) is 0 Å². The highest BCUT2D eigenvalue weighted by Crippen LogP contribution is 2.50. The number of nitrogens with zero attached hydrogens (tertiary/aromatic N) is 6. The maximum atomic E-state index is 14.3. The Hall–Kier alpha value is -7.45. The molecule has 2 aromatic heterocycles. The molecule has 4 amide bonds. The average molecular weight is 1280 g/mol. The van der Waals surface area contributed by atoms with Gasteiger partial charge in [-0.3, -0.25) is 29.8 Å². The number of hydroxylamine groups is 2. The summed E-state index contributed by atoms with van der Waals surface area (Å²) in [6.45, 7) is 1.30. The standard InChI is InChI=1S/C49H42Cl2N8O21P2S2/c1-3-56(79-81(67,68)69)83(73,74)31-7-9-33-35(17-31)37(58(63)64)19-39-45(33)27(21-50)23-54(39)47(60)43-15-25-13-29(5-11-41(25)77-43)52-49(62)53-30-6-12-42-26(14-30)16-44(78-42)48(61)55-24-28(22-51)46-34-10-8-32(18-36(34)38(59(65)66)20-40(46)55)84(75,76)57(4-2)80-82(70,71)72/h5-20,27-28H,3-4,21-24H2,1-2H3,(H2,52,53,62)(H2,67,68,69)(H2,70,71,72). The lowest BCUT2D eigenvalue weighted by Crippen LogP contribution is -2.30. The number of alkyl halides is 2. The summed E-state index contributed by atoms with van der Waals surface area (Å²) >= 11 is 12.8. The van der Waals surface area contributed by atoms with Crippen LogP contribution in [0, 0.1) is 20.2 Å². The molecule has 4 heterocycles. The van der Waals surface area contributed by atoms with Gasteiger partial charge >= 0.3 is 21.7 Å². The average Bonchev–Trinajstić information content (AvgIpc) is 2.02. The van der Waals surface area contributed by atoms with E-state index in [0.717, 1.165) is 36.4 Å². The van der Waals surface area contributed by atoms with Crippen LogP contribution in [0.1, 0.15) is 57.9 Å². The van der Waals surface area contributed by atoms with E-state index in [1.165, 1.54) is 84.3 Å². The number of amides is 4. The molecule has 2 aliphatic rings. The lowest BCUT2D eigenvalue weighted by molar-refractivity contribution is -0.383. The number of anilines is 4. The van der Waals surface area contributed by atoms with Crippen LogP contribution in [0.3, 0.4) is 0 Å². The van der Waals surface area contributed by atoms with Gasteiger partial charge in [0.15, 0.2) is 11.5 Å². The molecule has 6 N–H and O–H groups in total. The third kappa shape index (κ3) is 11.1. The van der Waals surface area contributed by atoms with Crippen molar-refractivity contribution in [3.63, 3.8) is 0 Å². The van der Waals surface area contributed by atoms with Gasteiger partial charge in [0.25, 0.3) is 43.2 Å². The Kier molecular flexibility index (Phi) is 15.8. The van der Waals surface area contributed by atoms with Gasteiger partial charge in [-0.25, -0.2) is 30.8 Å². The fourth-order valence-corrected chi connectivity index (χ4v) is 14.8. The number of carbonyl (C=O) groups excluding carboxylic acids is 3. The SMILES string of the molecule is CCN(OP(=O)(O)O)S(=O)(=O)c1ccc2c3c(cc([N+](=O)[O-])c2c1)N(C(=O)c1cc2cc(NC(=O)Nc4ccc5oc(C(=O)N6CC(CCl)c7c6cc([N+](=O)[O-])c6cc(S(=O)(=O)N(CC)OP(=O)(O)O)ccc76)cc5c4)ccc2o1)CC3CCl. The van der Waals surface area contributed by atoms with Crippen molar-refractivity contribution >= 4 is 154 Å². The van der Waals surface area contributed by atoms with Crippen LogP contribution in [-0.4, -0.2) is 111 Å². The minimum Gasteiger partial charge on any atom is -0.451 e. The third-order valence-electron chi connectivity index (χ3n) is 13.7. The summed E-state index contributed by atoms with van der Waals surface area (Å²) < 4.78 is 97.3. The summed E-state index contributed by atoms with van der Waals surface area (Å²) in [5.41, 5.74) is 0.699. The molecule has 8 aromatic rings. The highest BCUT2D eigenvalue weighted by Gasteiger charge is 2.41. The first-order valence-corrected chi connectivity index (χ1v) is 31.5. The first-order valence-electron chi connectivity index (χ1n) is 24.5. The molecule has 2 aliphatic heterocycles. The van der Waals surface area contributed by atoms with Crippen molar-refractivity contribution in [1.82, 2.24) is 8.94 Å². The second-order valence-electron chi connectivity index (χ2n) is 18.8. The number of carbonyl (C=O) groups is 3. The summed E-state index contributed by atoms with van der Waals surface area (Å²) in [5.74, 6) is -3.21. The van der Waals surface area contributed by atoms with Crippen LogP contribution in [0.25, 0.3) is 43.5 Å². The first kappa shape index (κ1) is 59.7. The number of nitrogens with one attached hydrogen (secondary N) is 2. The Labute approximate surface area is 482 Å². The number of fused-ring (bicyclic) bond motifs is 8. The first-order chi connectivity index (χ1) is 39.5. The van der Waals surface area contributed by atoms with Gasteiger partial charge in [0.05, 0.1) is 41.8 Å². The predicted molar refractivity (Wildman–Crippen MR) is 302 cm³/mol. The Morgan fingerprint density at radius 3 is 1.33 bits per heavy atom. The maximum absolute atomic E-state index is 14.3. The normalized spacial score (nSPS) is 15.6. The van der Waals surface area contributed by atoms with Crippen molar-refractivity contribution in [3.05, 3.63) is 140 Å². The molecule has 440 valence electrons. The zero-order valence-corrected chi connectivity index (χ0v) is 47.9. The van der Waals surface area contributed by atoms with Gasteiger partial charge in [0.1, 0.15) is 11.2 Å². The molecule has 0 aliphatic carbocycles. The van der Waals surface area contributed by atoms with Gasteiger partial charge in [0.2, 0.25) is 0 Å². The smallest absolute Gasteiger partial charge is 0.451 e. The van der Waals surface area contributed by atoms with E-state index in [1.807, 2.05) is 0 Å². The van der Waals surface area contributed by atoms with Crippen LogP contribution in [0.5, 0.6) is 0 Å². The molecular weight excluding hydrogens is 1230 g/mol.